The van der Waals surface area contributed by atoms with Gasteiger partial charge in [-0.15, -0.1) is 0 Å². The van der Waals surface area contributed by atoms with Crippen LogP contribution in [0.5, 0.6) is 0 Å². The molecular weight excluding hydrogens is 476 g/mol. The molecule has 0 N–H and O–H groups in total. The summed E-state index contributed by atoms with van der Waals surface area (Å²) in [5.41, 5.74) is 7.38. The van der Waals surface area contributed by atoms with Crippen molar-refractivity contribution in [3.05, 3.63) is 94.2 Å². The Hall–Kier alpha value is -2.92. The van der Waals surface area contributed by atoms with Crippen molar-refractivity contribution >= 4 is 27.6 Å². The zero-order valence-electron chi connectivity index (χ0n) is 18.3. The van der Waals surface area contributed by atoms with E-state index in [9.17, 15) is 4.79 Å². The van der Waals surface area contributed by atoms with Gasteiger partial charge in [-0.25, -0.2) is 9.78 Å². The molecule has 6 rings (SSSR count). The zero-order valence-corrected chi connectivity index (χ0v) is 19.9. The SMILES string of the molecule is O=C(OCC1c2ccccc2-c2ccccc21)N1C2C=C(c3cccnc3Br)CC1CCC2. The monoisotopic (exact) mass is 500 g/mol. The highest BCUT2D eigenvalue weighted by atomic mass is 79.9. The minimum absolute atomic E-state index is 0.0789. The number of ether oxygens (including phenoxy) is 1. The Morgan fingerprint density at radius 2 is 1.67 bits per heavy atom. The molecule has 5 heteroatoms. The summed E-state index contributed by atoms with van der Waals surface area (Å²) in [4.78, 5) is 19.7. The molecule has 2 bridgehead atoms. The van der Waals surface area contributed by atoms with Crippen molar-refractivity contribution in [3.63, 3.8) is 0 Å². The molecule has 1 saturated heterocycles. The maximum Gasteiger partial charge on any atom is 0.410 e. The third-order valence-electron chi connectivity index (χ3n) is 7.29. The second-order valence-corrected chi connectivity index (χ2v) is 9.85. The average molecular weight is 501 g/mol. The molecule has 3 heterocycles. The van der Waals surface area contributed by atoms with Crippen LogP contribution in [-0.2, 0) is 4.74 Å². The number of benzene rings is 2. The minimum Gasteiger partial charge on any atom is -0.448 e. The lowest BCUT2D eigenvalue weighted by Gasteiger charge is -2.44. The largest absolute Gasteiger partial charge is 0.448 e. The Balaban J connectivity index is 1.23. The van der Waals surface area contributed by atoms with Crippen LogP contribution < -0.4 is 0 Å². The van der Waals surface area contributed by atoms with Crippen LogP contribution in [0, 0.1) is 0 Å². The quantitative estimate of drug-likeness (QED) is 0.371. The van der Waals surface area contributed by atoms with Gasteiger partial charge in [-0.2, -0.15) is 0 Å². The molecule has 0 radical (unpaired) electrons. The fourth-order valence-electron chi connectivity index (χ4n) is 5.81. The van der Waals surface area contributed by atoms with E-state index in [4.69, 9.17) is 4.74 Å². The molecule has 0 saturated carbocycles. The van der Waals surface area contributed by atoms with Crippen LogP contribution in [0.3, 0.4) is 0 Å². The van der Waals surface area contributed by atoms with Gasteiger partial charge in [0.1, 0.15) is 11.2 Å². The maximum atomic E-state index is 13.4. The number of nitrogens with zero attached hydrogens (tertiary/aromatic N) is 2. The summed E-state index contributed by atoms with van der Waals surface area (Å²) in [5, 5.41) is 0. The number of pyridine rings is 1. The Kier molecular flexibility index (Phi) is 5.30. The van der Waals surface area contributed by atoms with Gasteiger partial charge < -0.3 is 4.74 Å². The van der Waals surface area contributed by atoms with Gasteiger partial charge in [0.05, 0.1) is 6.04 Å². The second kappa shape index (κ2) is 8.45. The number of halogens is 1. The number of fused-ring (bicyclic) bond motifs is 5. The molecule has 2 aliphatic heterocycles. The van der Waals surface area contributed by atoms with E-state index >= 15 is 0 Å². The first-order valence-corrected chi connectivity index (χ1v) is 12.4. The Morgan fingerprint density at radius 1 is 0.970 bits per heavy atom. The molecule has 3 aromatic rings. The van der Waals surface area contributed by atoms with Crippen LogP contribution in [0.1, 0.15) is 48.3 Å². The van der Waals surface area contributed by atoms with Crippen LogP contribution in [0.4, 0.5) is 4.79 Å². The molecule has 3 aliphatic rings. The Morgan fingerprint density at radius 3 is 2.36 bits per heavy atom. The number of hydrogen-bond acceptors (Lipinski definition) is 3. The number of hydrogen-bond donors (Lipinski definition) is 0. The number of piperidine rings is 1. The number of rotatable bonds is 3. The minimum atomic E-state index is -0.188. The first kappa shape index (κ1) is 20.7. The average Bonchev–Trinajstić information content (AvgIpc) is 3.16. The van der Waals surface area contributed by atoms with E-state index in [0.29, 0.717) is 6.61 Å². The summed E-state index contributed by atoms with van der Waals surface area (Å²) >= 11 is 3.59. The van der Waals surface area contributed by atoms with Crippen LogP contribution in [0.2, 0.25) is 0 Å². The molecule has 4 nitrogen and oxygen atoms in total. The van der Waals surface area contributed by atoms with Gasteiger partial charge in [0.15, 0.2) is 0 Å². The number of amides is 1. The van der Waals surface area contributed by atoms with Crippen LogP contribution in [0.15, 0.2) is 77.5 Å². The van der Waals surface area contributed by atoms with E-state index < -0.39 is 0 Å². The third kappa shape index (κ3) is 3.59. The van der Waals surface area contributed by atoms with Crippen LogP contribution in [0.25, 0.3) is 16.7 Å². The van der Waals surface area contributed by atoms with Gasteiger partial charge in [-0.3, -0.25) is 4.90 Å². The van der Waals surface area contributed by atoms with Crippen molar-refractivity contribution in [2.24, 2.45) is 0 Å². The summed E-state index contributed by atoms with van der Waals surface area (Å²) in [6.07, 6.45) is 7.82. The van der Waals surface area contributed by atoms with E-state index in [-0.39, 0.29) is 24.1 Å². The summed E-state index contributed by atoms with van der Waals surface area (Å²) in [5.74, 6) is 0.0865. The summed E-state index contributed by atoms with van der Waals surface area (Å²) in [6, 6.07) is 21.2. The van der Waals surface area contributed by atoms with Gasteiger partial charge in [-0.1, -0.05) is 60.7 Å². The second-order valence-electron chi connectivity index (χ2n) is 9.10. The summed E-state index contributed by atoms with van der Waals surface area (Å²) in [6.45, 7) is 0.369. The first-order valence-electron chi connectivity index (χ1n) is 11.7. The maximum absolute atomic E-state index is 13.4. The van der Waals surface area contributed by atoms with Crippen molar-refractivity contribution in [2.45, 2.75) is 43.7 Å². The smallest absolute Gasteiger partial charge is 0.410 e. The van der Waals surface area contributed by atoms with Gasteiger partial charge in [0.2, 0.25) is 0 Å². The van der Waals surface area contributed by atoms with Crippen molar-refractivity contribution in [3.8, 4) is 11.1 Å². The van der Waals surface area contributed by atoms with E-state index in [2.05, 4.69) is 81.6 Å². The highest BCUT2D eigenvalue weighted by Gasteiger charge is 2.39. The number of carbonyl (C=O) groups excluding carboxylic acids is 1. The fourth-order valence-corrected chi connectivity index (χ4v) is 6.31. The lowest BCUT2D eigenvalue weighted by Crippen LogP contribution is -2.51. The molecule has 33 heavy (non-hydrogen) atoms. The topological polar surface area (TPSA) is 42.4 Å². The lowest BCUT2D eigenvalue weighted by atomic mass is 9.83. The standard InChI is InChI=1S/C28H25BrN2O2/c29-27-21(13-6-14-30-27)18-15-19-7-5-8-20(16-18)31(19)28(32)33-17-26-24-11-3-1-9-22(24)23-10-2-4-12-25(23)26/h1-4,6,9-15,19-20,26H,5,7-8,16-17H2. The molecule has 2 atom stereocenters. The summed E-state index contributed by atoms with van der Waals surface area (Å²) in [7, 11) is 0. The van der Waals surface area contributed by atoms with Crippen LogP contribution in [-0.4, -0.2) is 34.7 Å². The number of aromatic nitrogens is 1. The fraction of sp³-hybridized carbons (Fsp3) is 0.286. The van der Waals surface area contributed by atoms with Gasteiger partial charge >= 0.3 is 6.09 Å². The molecule has 2 aromatic carbocycles. The van der Waals surface area contributed by atoms with E-state index in [1.54, 1.807) is 6.20 Å². The third-order valence-corrected chi connectivity index (χ3v) is 7.92. The highest BCUT2D eigenvalue weighted by Crippen LogP contribution is 2.45. The van der Waals surface area contributed by atoms with E-state index in [0.717, 1.165) is 35.8 Å². The van der Waals surface area contributed by atoms with Crippen molar-refractivity contribution in [2.75, 3.05) is 6.61 Å². The molecule has 166 valence electrons. The zero-order chi connectivity index (χ0) is 22.4. The normalized spacial score (nSPS) is 21.2. The first-order chi connectivity index (χ1) is 16.2. The molecule has 1 amide bonds. The molecule has 2 unspecified atom stereocenters. The molecular formula is C28H25BrN2O2. The van der Waals surface area contributed by atoms with Crippen LogP contribution >= 0.6 is 15.9 Å². The predicted octanol–water partition coefficient (Wildman–Crippen LogP) is 6.80. The Bertz CT molecular complexity index is 1210. The predicted molar refractivity (Wildman–Crippen MR) is 133 cm³/mol. The van der Waals surface area contributed by atoms with Crippen molar-refractivity contribution < 1.29 is 9.53 Å². The molecule has 1 aliphatic carbocycles. The molecule has 1 aromatic heterocycles. The van der Waals surface area contributed by atoms with Crippen molar-refractivity contribution in [1.29, 1.82) is 0 Å². The van der Waals surface area contributed by atoms with Gasteiger partial charge in [0.25, 0.3) is 0 Å². The molecule has 0 spiro atoms. The molecule has 1 fully saturated rings. The Labute approximate surface area is 202 Å². The van der Waals surface area contributed by atoms with Crippen molar-refractivity contribution in [1.82, 2.24) is 9.88 Å². The summed E-state index contributed by atoms with van der Waals surface area (Å²) < 4.78 is 6.88. The lowest BCUT2D eigenvalue weighted by molar-refractivity contribution is 0.0539. The van der Waals surface area contributed by atoms with Gasteiger partial charge in [0, 0.05) is 23.7 Å². The van der Waals surface area contributed by atoms with E-state index in [1.165, 1.54) is 27.8 Å². The van der Waals surface area contributed by atoms with Gasteiger partial charge in [-0.05, 0) is 75.5 Å². The van der Waals surface area contributed by atoms with E-state index in [1.807, 2.05) is 11.0 Å². The highest BCUT2D eigenvalue weighted by molar-refractivity contribution is 9.10. The number of carbonyl (C=O) groups is 1.